The third-order valence-electron chi connectivity index (χ3n) is 3.10. The smallest absolute Gasteiger partial charge is 0.317 e. The second-order valence-corrected chi connectivity index (χ2v) is 5.61. The molecule has 0 saturated carbocycles. The largest absolute Gasteiger partial charge is 0.493 e. The fourth-order valence-corrected chi connectivity index (χ4v) is 1.89. The minimum atomic E-state index is -0.833. The molecule has 1 N–H and O–H groups in total. The van der Waals surface area contributed by atoms with Crippen molar-refractivity contribution in [3.8, 4) is 11.5 Å². The highest BCUT2D eigenvalue weighted by Crippen LogP contribution is 2.29. The summed E-state index contributed by atoms with van der Waals surface area (Å²) in [7, 11) is 3.17. The van der Waals surface area contributed by atoms with Crippen molar-refractivity contribution in [2.75, 3.05) is 20.8 Å². The van der Waals surface area contributed by atoms with Gasteiger partial charge in [-0.2, -0.15) is 0 Å². The number of benzene rings is 1. The Labute approximate surface area is 120 Å². The van der Waals surface area contributed by atoms with Gasteiger partial charge in [-0.3, -0.25) is 9.69 Å². The van der Waals surface area contributed by atoms with Crippen LogP contribution >= 0.6 is 0 Å². The highest BCUT2D eigenvalue weighted by atomic mass is 16.5. The number of methoxy groups -OCH3 is 2. The molecule has 112 valence electrons. The van der Waals surface area contributed by atoms with Crippen LogP contribution in [0.3, 0.4) is 0 Å². The van der Waals surface area contributed by atoms with Crippen LogP contribution in [-0.4, -0.2) is 42.3 Å². The quantitative estimate of drug-likeness (QED) is 0.867. The van der Waals surface area contributed by atoms with Gasteiger partial charge in [-0.15, -0.1) is 0 Å². The van der Waals surface area contributed by atoms with Gasteiger partial charge in [0.05, 0.1) is 20.8 Å². The monoisotopic (exact) mass is 281 g/mol. The first-order valence-corrected chi connectivity index (χ1v) is 6.45. The second kappa shape index (κ2) is 6.61. The van der Waals surface area contributed by atoms with Crippen LogP contribution in [0.25, 0.3) is 0 Å². The molecule has 0 spiro atoms. The fourth-order valence-electron chi connectivity index (χ4n) is 1.89. The zero-order valence-corrected chi connectivity index (χ0v) is 12.8. The molecule has 0 amide bonds. The van der Waals surface area contributed by atoms with Gasteiger partial charge in [-0.25, -0.2) is 0 Å². The number of rotatable bonds is 6. The van der Waals surface area contributed by atoms with E-state index < -0.39 is 5.97 Å². The molecule has 1 aromatic rings. The van der Waals surface area contributed by atoms with Crippen LogP contribution in [0.5, 0.6) is 11.5 Å². The Balaban J connectivity index is 2.96. The lowest BCUT2D eigenvalue weighted by Crippen LogP contribution is -2.43. The molecule has 0 aliphatic heterocycles. The Morgan fingerprint density at radius 2 is 1.80 bits per heavy atom. The molecule has 0 fully saturated rings. The molecule has 0 aromatic heterocycles. The summed E-state index contributed by atoms with van der Waals surface area (Å²) in [6.45, 7) is 6.53. The molecule has 1 aromatic carbocycles. The van der Waals surface area contributed by atoms with Gasteiger partial charge in [0.2, 0.25) is 0 Å². The average molecular weight is 281 g/mol. The highest BCUT2D eigenvalue weighted by Gasteiger charge is 2.24. The fraction of sp³-hybridized carbons (Fsp3) is 0.533. The van der Waals surface area contributed by atoms with E-state index in [1.54, 1.807) is 14.2 Å². The lowest BCUT2D eigenvalue weighted by atomic mass is 10.0. The number of hydrogen-bond donors (Lipinski definition) is 1. The average Bonchev–Trinajstić information content (AvgIpc) is 2.36. The number of carbonyl (C=O) groups is 1. The SMILES string of the molecule is COc1ccc(CN(CC(=O)O)C(C)(C)C)cc1OC. The summed E-state index contributed by atoms with van der Waals surface area (Å²) in [5, 5.41) is 9.02. The first-order chi connectivity index (χ1) is 9.27. The number of carboxylic acid groups (broad SMARTS) is 1. The van der Waals surface area contributed by atoms with E-state index in [1.807, 2.05) is 43.9 Å². The molecule has 0 aliphatic rings. The van der Waals surface area contributed by atoms with Crippen molar-refractivity contribution in [3.63, 3.8) is 0 Å². The predicted octanol–water partition coefficient (Wildman–Crippen LogP) is 2.39. The van der Waals surface area contributed by atoms with Crippen molar-refractivity contribution in [2.45, 2.75) is 32.9 Å². The predicted molar refractivity (Wildman–Crippen MR) is 77.3 cm³/mol. The summed E-state index contributed by atoms with van der Waals surface area (Å²) < 4.78 is 10.5. The minimum absolute atomic E-state index is 0.00214. The molecular weight excluding hydrogens is 258 g/mol. The molecule has 0 saturated heterocycles. The molecule has 0 atom stereocenters. The molecule has 0 heterocycles. The molecule has 0 radical (unpaired) electrons. The maximum Gasteiger partial charge on any atom is 0.317 e. The molecule has 1 rings (SSSR count). The van der Waals surface area contributed by atoms with Crippen LogP contribution < -0.4 is 9.47 Å². The van der Waals surface area contributed by atoms with Crippen LogP contribution in [0.2, 0.25) is 0 Å². The molecule has 5 heteroatoms. The van der Waals surface area contributed by atoms with Crippen molar-refractivity contribution in [1.29, 1.82) is 0 Å². The lowest BCUT2D eigenvalue weighted by Gasteiger charge is -2.34. The normalized spacial score (nSPS) is 11.5. The van der Waals surface area contributed by atoms with Crippen molar-refractivity contribution < 1.29 is 19.4 Å². The van der Waals surface area contributed by atoms with Crippen LogP contribution in [0.1, 0.15) is 26.3 Å². The van der Waals surface area contributed by atoms with E-state index in [9.17, 15) is 4.79 Å². The van der Waals surface area contributed by atoms with Crippen LogP contribution in [0.15, 0.2) is 18.2 Å². The lowest BCUT2D eigenvalue weighted by molar-refractivity contribution is -0.139. The topological polar surface area (TPSA) is 59.0 Å². The summed E-state index contributed by atoms with van der Waals surface area (Å²) in [5.74, 6) is 0.478. The van der Waals surface area contributed by atoms with E-state index in [4.69, 9.17) is 14.6 Å². The Bertz CT molecular complexity index is 465. The molecule has 20 heavy (non-hydrogen) atoms. The maximum absolute atomic E-state index is 11.0. The van der Waals surface area contributed by atoms with Gasteiger partial charge < -0.3 is 14.6 Å². The third kappa shape index (κ3) is 4.42. The zero-order chi connectivity index (χ0) is 15.3. The molecule has 0 bridgehead atoms. The van der Waals surface area contributed by atoms with Gasteiger partial charge in [0.1, 0.15) is 0 Å². The van der Waals surface area contributed by atoms with Crippen molar-refractivity contribution in [3.05, 3.63) is 23.8 Å². The number of nitrogens with zero attached hydrogens (tertiary/aromatic N) is 1. The molecule has 0 aliphatic carbocycles. The zero-order valence-electron chi connectivity index (χ0n) is 12.8. The minimum Gasteiger partial charge on any atom is -0.493 e. The Kier molecular flexibility index (Phi) is 5.39. The van der Waals surface area contributed by atoms with E-state index in [0.29, 0.717) is 18.0 Å². The van der Waals surface area contributed by atoms with E-state index in [1.165, 1.54) is 0 Å². The maximum atomic E-state index is 11.0. The highest BCUT2D eigenvalue weighted by molar-refractivity contribution is 5.69. The van der Waals surface area contributed by atoms with Crippen LogP contribution in [-0.2, 0) is 11.3 Å². The number of carboxylic acids is 1. The molecule has 0 unspecified atom stereocenters. The first kappa shape index (κ1) is 16.3. The van der Waals surface area contributed by atoms with Gasteiger partial charge in [-0.05, 0) is 38.5 Å². The Morgan fingerprint density at radius 3 is 2.25 bits per heavy atom. The van der Waals surface area contributed by atoms with Gasteiger partial charge >= 0.3 is 5.97 Å². The summed E-state index contributed by atoms with van der Waals surface area (Å²) in [6.07, 6.45) is 0. The third-order valence-corrected chi connectivity index (χ3v) is 3.10. The summed E-state index contributed by atoms with van der Waals surface area (Å²) in [4.78, 5) is 12.9. The van der Waals surface area contributed by atoms with Crippen LogP contribution in [0.4, 0.5) is 0 Å². The van der Waals surface area contributed by atoms with E-state index in [2.05, 4.69) is 0 Å². The molecular formula is C15H23NO4. The van der Waals surface area contributed by atoms with Gasteiger partial charge in [0, 0.05) is 12.1 Å². The standard InChI is InChI=1S/C15H23NO4/c1-15(2,3)16(10-14(17)18)9-11-6-7-12(19-4)13(8-11)20-5/h6-8H,9-10H2,1-5H3,(H,17,18). The van der Waals surface area contributed by atoms with Gasteiger partial charge in [-0.1, -0.05) is 6.07 Å². The van der Waals surface area contributed by atoms with Gasteiger partial charge in [0.15, 0.2) is 11.5 Å². The first-order valence-electron chi connectivity index (χ1n) is 6.45. The van der Waals surface area contributed by atoms with E-state index >= 15 is 0 Å². The Morgan fingerprint density at radius 1 is 1.20 bits per heavy atom. The van der Waals surface area contributed by atoms with Crippen molar-refractivity contribution in [1.82, 2.24) is 4.90 Å². The second-order valence-electron chi connectivity index (χ2n) is 5.61. The summed E-state index contributed by atoms with van der Waals surface area (Å²) >= 11 is 0. The van der Waals surface area contributed by atoms with E-state index in [0.717, 1.165) is 5.56 Å². The summed E-state index contributed by atoms with van der Waals surface area (Å²) in [5.41, 5.74) is 0.754. The number of aliphatic carboxylic acids is 1. The van der Waals surface area contributed by atoms with Gasteiger partial charge in [0.25, 0.3) is 0 Å². The van der Waals surface area contributed by atoms with Crippen molar-refractivity contribution in [2.24, 2.45) is 0 Å². The number of ether oxygens (including phenoxy) is 2. The summed E-state index contributed by atoms with van der Waals surface area (Å²) in [6, 6.07) is 5.62. The van der Waals surface area contributed by atoms with Crippen molar-refractivity contribution >= 4 is 5.97 Å². The molecule has 5 nitrogen and oxygen atoms in total. The number of hydrogen-bond acceptors (Lipinski definition) is 4. The van der Waals surface area contributed by atoms with E-state index in [-0.39, 0.29) is 12.1 Å². The van der Waals surface area contributed by atoms with Crippen LogP contribution in [0, 0.1) is 0 Å². The Hall–Kier alpha value is -1.75.